The Bertz CT molecular complexity index is 661. The van der Waals surface area contributed by atoms with E-state index in [0.29, 0.717) is 0 Å². The molecule has 3 heteroatoms. The Morgan fingerprint density at radius 3 is 2.85 bits per heavy atom. The number of aromatic nitrogens is 1. The molecule has 3 nitrogen and oxygen atoms in total. The van der Waals surface area contributed by atoms with Gasteiger partial charge in [-0.15, -0.1) is 0 Å². The van der Waals surface area contributed by atoms with E-state index in [2.05, 4.69) is 43.2 Å². The van der Waals surface area contributed by atoms with Crippen LogP contribution in [-0.2, 0) is 19.5 Å². The lowest BCUT2D eigenvalue weighted by molar-refractivity contribution is 0.309. The summed E-state index contributed by atoms with van der Waals surface area (Å²) in [5, 5.41) is 4.65. The molecule has 0 saturated heterocycles. The van der Waals surface area contributed by atoms with E-state index in [4.69, 9.17) is 4.98 Å². The fourth-order valence-electron chi connectivity index (χ4n) is 3.15. The summed E-state index contributed by atoms with van der Waals surface area (Å²) < 4.78 is 0. The van der Waals surface area contributed by atoms with Crippen LogP contribution in [0.5, 0.6) is 0 Å². The van der Waals surface area contributed by atoms with E-state index in [1.165, 1.54) is 38.9 Å². The van der Waals surface area contributed by atoms with Crippen molar-refractivity contribution in [3.63, 3.8) is 0 Å². The topological polar surface area (TPSA) is 28.2 Å². The number of hydrogen-bond acceptors (Lipinski definition) is 3. The maximum atomic E-state index is 5.00. The molecule has 1 aliphatic rings. The smallest absolute Gasteiger partial charge is 0.0740 e. The van der Waals surface area contributed by atoms with Crippen molar-refractivity contribution in [1.82, 2.24) is 15.2 Å². The van der Waals surface area contributed by atoms with Crippen molar-refractivity contribution in [3.8, 4) is 0 Å². The number of rotatable bonds is 2. The van der Waals surface area contributed by atoms with Crippen LogP contribution < -0.4 is 5.32 Å². The minimum absolute atomic E-state index is 0.914. The molecule has 0 bridgehead atoms. The third-order valence-electron chi connectivity index (χ3n) is 4.50. The second-order valence-electron chi connectivity index (χ2n) is 5.94. The van der Waals surface area contributed by atoms with Gasteiger partial charge in [0, 0.05) is 37.1 Å². The van der Waals surface area contributed by atoms with Crippen LogP contribution in [0.25, 0.3) is 10.9 Å². The van der Waals surface area contributed by atoms with Gasteiger partial charge in [0.15, 0.2) is 0 Å². The summed E-state index contributed by atoms with van der Waals surface area (Å²) in [6.45, 7) is 7.39. The van der Waals surface area contributed by atoms with Crippen LogP contribution >= 0.6 is 0 Å². The fourth-order valence-corrected chi connectivity index (χ4v) is 3.15. The fraction of sp³-hybridized carbons (Fsp3) is 0.471. The highest BCUT2D eigenvalue weighted by Gasteiger charge is 2.21. The Labute approximate surface area is 121 Å². The van der Waals surface area contributed by atoms with Crippen molar-refractivity contribution in [2.75, 3.05) is 20.6 Å². The molecule has 2 heterocycles. The molecule has 0 saturated carbocycles. The first-order valence-electron chi connectivity index (χ1n) is 7.35. The van der Waals surface area contributed by atoms with Crippen molar-refractivity contribution in [2.24, 2.45) is 0 Å². The van der Waals surface area contributed by atoms with Crippen molar-refractivity contribution < 1.29 is 0 Å². The zero-order valence-electron chi connectivity index (χ0n) is 12.9. The molecule has 0 radical (unpaired) electrons. The van der Waals surface area contributed by atoms with Gasteiger partial charge in [0.05, 0.1) is 5.52 Å². The van der Waals surface area contributed by atoms with Crippen LogP contribution in [0.15, 0.2) is 12.1 Å². The van der Waals surface area contributed by atoms with Crippen molar-refractivity contribution in [1.29, 1.82) is 0 Å². The number of likely N-dealkylation sites (N-methyl/N-ethyl adjacent to an activating group) is 1. The normalized spacial score (nSPS) is 15.6. The van der Waals surface area contributed by atoms with Gasteiger partial charge in [-0.2, -0.15) is 0 Å². The molecule has 1 aromatic carbocycles. The number of fused-ring (bicyclic) bond motifs is 2. The number of nitrogens with one attached hydrogen (secondary N) is 1. The number of nitrogens with zero attached hydrogens (tertiary/aromatic N) is 2. The van der Waals surface area contributed by atoms with E-state index in [1.807, 2.05) is 7.05 Å². The zero-order valence-corrected chi connectivity index (χ0v) is 12.9. The Hall–Kier alpha value is -1.45. The summed E-state index contributed by atoms with van der Waals surface area (Å²) in [7, 11) is 4.21. The molecular weight excluding hydrogens is 246 g/mol. The molecule has 106 valence electrons. The zero-order chi connectivity index (χ0) is 14.3. The number of benzene rings is 1. The van der Waals surface area contributed by atoms with Crippen LogP contribution in [0.2, 0.25) is 0 Å². The molecule has 1 aliphatic heterocycles. The molecule has 1 N–H and O–H groups in total. The highest BCUT2D eigenvalue weighted by atomic mass is 15.1. The van der Waals surface area contributed by atoms with E-state index < -0.39 is 0 Å². The molecule has 3 rings (SSSR count). The largest absolute Gasteiger partial charge is 0.316 e. The van der Waals surface area contributed by atoms with Gasteiger partial charge in [-0.1, -0.05) is 12.1 Å². The van der Waals surface area contributed by atoms with Crippen molar-refractivity contribution in [3.05, 3.63) is 40.1 Å². The monoisotopic (exact) mass is 269 g/mol. The molecule has 0 aliphatic carbocycles. The van der Waals surface area contributed by atoms with Gasteiger partial charge in [-0.3, -0.25) is 4.98 Å². The van der Waals surface area contributed by atoms with Crippen LogP contribution in [0, 0.1) is 13.8 Å². The summed E-state index contributed by atoms with van der Waals surface area (Å²) in [5.41, 5.74) is 8.01. The molecule has 0 unspecified atom stereocenters. The van der Waals surface area contributed by atoms with Crippen LogP contribution in [0.3, 0.4) is 0 Å². The van der Waals surface area contributed by atoms with Crippen molar-refractivity contribution in [2.45, 2.75) is 33.4 Å². The predicted octanol–water partition coefficient (Wildman–Crippen LogP) is 2.56. The standard InChI is InChI=1S/C17H23N3/c1-11-5-6-13-14(9-18-3)15-10-20(4)8-7-16(15)19-17(13)12(11)2/h5-6,18H,7-10H2,1-4H3. The quantitative estimate of drug-likeness (QED) is 0.908. The average Bonchev–Trinajstić information content (AvgIpc) is 2.44. The average molecular weight is 269 g/mol. The van der Waals surface area contributed by atoms with Gasteiger partial charge in [-0.05, 0) is 50.2 Å². The number of hydrogen-bond donors (Lipinski definition) is 1. The third kappa shape index (κ3) is 2.11. The highest BCUT2D eigenvalue weighted by molar-refractivity contribution is 5.87. The van der Waals surface area contributed by atoms with E-state index in [1.54, 1.807) is 0 Å². The van der Waals surface area contributed by atoms with E-state index >= 15 is 0 Å². The van der Waals surface area contributed by atoms with Gasteiger partial charge in [0.2, 0.25) is 0 Å². The van der Waals surface area contributed by atoms with Gasteiger partial charge in [-0.25, -0.2) is 0 Å². The van der Waals surface area contributed by atoms with E-state index in [9.17, 15) is 0 Å². The molecular formula is C17H23N3. The van der Waals surface area contributed by atoms with Crippen LogP contribution in [0.1, 0.15) is 27.9 Å². The van der Waals surface area contributed by atoms with E-state index in [-0.39, 0.29) is 0 Å². The lowest BCUT2D eigenvalue weighted by Crippen LogP contribution is -2.29. The predicted molar refractivity (Wildman–Crippen MR) is 84.0 cm³/mol. The summed E-state index contributed by atoms with van der Waals surface area (Å²) in [4.78, 5) is 7.38. The maximum absolute atomic E-state index is 5.00. The van der Waals surface area contributed by atoms with Gasteiger partial charge in [0.1, 0.15) is 0 Å². The Balaban J connectivity index is 2.32. The molecule has 2 aromatic rings. The summed E-state index contributed by atoms with van der Waals surface area (Å²) in [5.74, 6) is 0. The Kier molecular flexibility index (Phi) is 3.48. The Morgan fingerprint density at radius 2 is 2.10 bits per heavy atom. The van der Waals surface area contributed by atoms with Gasteiger partial charge < -0.3 is 10.2 Å². The maximum Gasteiger partial charge on any atom is 0.0740 e. The van der Waals surface area contributed by atoms with Gasteiger partial charge in [0.25, 0.3) is 0 Å². The summed E-state index contributed by atoms with van der Waals surface area (Å²) >= 11 is 0. The van der Waals surface area contributed by atoms with E-state index in [0.717, 1.165) is 26.1 Å². The Morgan fingerprint density at radius 1 is 1.30 bits per heavy atom. The molecule has 0 atom stereocenters. The molecule has 0 amide bonds. The first-order chi connectivity index (χ1) is 9.61. The first-order valence-corrected chi connectivity index (χ1v) is 7.35. The first kappa shape index (κ1) is 13.5. The molecule has 20 heavy (non-hydrogen) atoms. The minimum Gasteiger partial charge on any atom is -0.316 e. The minimum atomic E-state index is 0.914. The number of pyridine rings is 1. The molecule has 1 aromatic heterocycles. The second-order valence-corrected chi connectivity index (χ2v) is 5.94. The second kappa shape index (κ2) is 5.15. The molecule has 0 spiro atoms. The lowest BCUT2D eigenvalue weighted by atomic mass is 9.93. The van der Waals surface area contributed by atoms with Crippen molar-refractivity contribution >= 4 is 10.9 Å². The lowest BCUT2D eigenvalue weighted by Gasteiger charge is -2.27. The van der Waals surface area contributed by atoms with Crippen LogP contribution in [-0.4, -0.2) is 30.5 Å². The summed E-state index contributed by atoms with van der Waals surface area (Å²) in [6.07, 6.45) is 1.06. The van der Waals surface area contributed by atoms with Crippen LogP contribution in [0.4, 0.5) is 0 Å². The summed E-state index contributed by atoms with van der Waals surface area (Å²) in [6, 6.07) is 4.46. The highest BCUT2D eigenvalue weighted by Crippen LogP contribution is 2.30. The number of aryl methyl sites for hydroxylation is 2. The molecule has 0 fully saturated rings. The van der Waals surface area contributed by atoms with Gasteiger partial charge >= 0.3 is 0 Å². The third-order valence-corrected chi connectivity index (χ3v) is 4.50. The SMILES string of the molecule is CNCc1c2c(nc3c(C)c(C)ccc13)CCN(C)C2.